The Morgan fingerprint density at radius 1 is 1.27 bits per heavy atom. The van der Waals surface area contributed by atoms with Crippen molar-refractivity contribution in [1.82, 2.24) is 0 Å². The topological polar surface area (TPSA) is 97.7 Å². The fourth-order valence-electron chi connectivity index (χ4n) is 7.21. The number of ether oxygens (including phenoxy) is 1. The molecule has 0 aromatic heterocycles. The first-order valence-electron chi connectivity index (χ1n) is 10.8. The molecule has 0 bridgehead atoms. The molecule has 4 rings (SSSR count). The Hall–Kier alpha value is -2.08. The minimum absolute atomic E-state index is 0.0123. The average Bonchev–Trinajstić information content (AvgIpc) is 2.93. The number of allylic oxidation sites excluding steroid dienone is 4. The number of Topliss-reactive ketones (excluding diaryl/α,β-unsaturated/α-hetero) is 2. The van der Waals surface area contributed by atoms with E-state index in [1.807, 2.05) is 19.9 Å². The van der Waals surface area contributed by atoms with E-state index >= 15 is 0 Å². The molecule has 0 heterocycles. The van der Waals surface area contributed by atoms with Crippen molar-refractivity contribution in [3.05, 3.63) is 23.8 Å². The number of ketones is 3. The number of rotatable bonds is 3. The summed E-state index contributed by atoms with van der Waals surface area (Å²) in [7, 11) is 0. The van der Waals surface area contributed by atoms with Crippen molar-refractivity contribution >= 4 is 23.3 Å². The Balaban J connectivity index is 1.71. The monoisotopic (exact) mass is 414 g/mol. The Labute approximate surface area is 176 Å². The van der Waals surface area contributed by atoms with Gasteiger partial charge in [-0.05, 0) is 49.2 Å². The molecule has 0 amide bonds. The van der Waals surface area contributed by atoms with Crippen molar-refractivity contribution in [1.29, 1.82) is 0 Å². The van der Waals surface area contributed by atoms with Crippen LogP contribution < -0.4 is 0 Å². The van der Waals surface area contributed by atoms with Gasteiger partial charge in [0.15, 0.2) is 12.4 Å². The quantitative estimate of drug-likeness (QED) is 0.713. The zero-order chi connectivity index (χ0) is 22.1. The zero-order valence-corrected chi connectivity index (χ0v) is 18.1. The summed E-state index contributed by atoms with van der Waals surface area (Å²) >= 11 is 0. The number of aliphatic hydroxyl groups is 1. The van der Waals surface area contributed by atoms with E-state index in [0.717, 1.165) is 12.0 Å². The van der Waals surface area contributed by atoms with Gasteiger partial charge in [0.2, 0.25) is 5.78 Å². The number of hydrogen-bond donors (Lipinski definition) is 1. The Kier molecular flexibility index (Phi) is 4.73. The number of fused-ring (bicyclic) bond motifs is 5. The van der Waals surface area contributed by atoms with E-state index in [0.29, 0.717) is 6.42 Å². The van der Waals surface area contributed by atoms with Gasteiger partial charge < -0.3 is 9.84 Å². The summed E-state index contributed by atoms with van der Waals surface area (Å²) in [4.78, 5) is 49.6. The highest BCUT2D eigenvalue weighted by atomic mass is 16.5. The van der Waals surface area contributed by atoms with Gasteiger partial charge in [0.05, 0.1) is 0 Å². The summed E-state index contributed by atoms with van der Waals surface area (Å²) in [6.45, 7) is 6.74. The Morgan fingerprint density at radius 3 is 2.63 bits per heavy atom. The predicted octanol–water partition coefficient (Wildman–Crippen LogP) is 2.58. The molecule has 6 nitrogen and oxygen atoms in total. The van der Waals surface area contributed by atoms with Crippen molar-refractivity contribution in [3.8, 4) is 0 Å². The summed E-state index contributed by atoms with van der Waals surface area (Å²) in [5, 5.41) is 11.5. The van der Waals surface area contributed by atoms with Crippen LogP contribution in [0.15, 0.2) is 23.8 Å². The summed E-state index contributed by atoms with van der Waals surface area (Å²) in [5.41, 5.74) is -2.04. The van der Waals surface area contributed by atoms with E-state index < -0.39 is 34.8 Å². The normalized spacial score (nSPS) is 44.6. The second kappa shape index (κ2) is 6.71. The smallest absolute Gasteiger partial charge is 0.303 e. The van der Waals surface area contributed by atoms with Crippen LogP contribution in [0.1, 0.15) is 53.4 Å². The van der Waals surface area contributed by atoms with Gasteiger partial charge >= 0.3 is 5.97 Å². The van der Waals surface area contributed by atoms with Crippen LogP contribution in [0.5, 0.6) is 0 Å². The highest BCUT2D eigenvalue weighted by Gasteiger charge is 2.68. The first kappa shape index (κ1) is 21.2. The number of esters is 1. The van der Waals surface area contributed by atoms with Crippen LogP contribution in [0.4, 0.5) is 0 Å². The Bertz CT molecular complexity index is 899. The first-order chi connectivity index (χ1) is 13.9. The van der Waals surface area contributed by atoms with E-state index in [1.54, 1.807) is 12.2 Å². The molecule has 0 aromatic carbocycles. The Morgan fingerprint density at radius 2 is 1.97 bits per heavy atom. The summed E-state index contributed by atoms with van der Waals surface area (Å²) in [6, 6.07) is 0. The zero-order valence-electron chi connectivity index (χ0n) is 18.1. The molecule has 6 heteroatoms. The molecule has 0 aliphatic heterocycles. The molecule has 0 spiro atoms. The van der Waals surface area contributed by atoms with Gasteiger partial charge in [0.25, 0.3) is 0 Å². The molecule has 0 unspecified atom stereocenters. The lowest BCUT2D eigenvalue weighted by Gasteiger charge is -2.58. The molecule has 0 radical (unpaired) electrons. The van der Waals surface area contributed by atoms with E-state index in [1.165, 1.54) is 6.92 Å². The van der Waals surface area contributed by atoms with Crippen molar-refractivity contribution in [3.63, 3.8) is 0 Å². The standard InChI is InChI=1S/C24H30O6/c1-13-9-16-17-6-8-24(29,20(28)12-30-14(2)25)23(17,4)11-19(27)21(16)22(3)7-5-15(26)10-18(13)22/h5,7,10,13,16-17,21,29H,6,8-9,11-12H2,1-4H3/t13-,16+,17+,21-,22+,23+,24+/m1/s1. The van der Waals surface area contributed by atoms with E-state index in [4.69, 9.17) is 4.74 Å². The highest BCUT2D eigenvalue weighted by molar-refractivity contribution is 6.02. The number of carbonyl (C=O) groups excluding carboxylic acids is 4. The van der Waals surface area contributed by atoms with Gasteiger partial charge in [-0.1, -0.05) is 32.4 Å². The molecular weight excluding hydrogens is 384 g/mol. The van der Waals surface area contributed by atoms with Gasteiger partial charge in [0, 0.05) is 30.1 Å². The third-order valence-electron chi connectivity index (χ3n) is 8.60. The maximum atomic E-state index is 13.5. The lowest BCUT2D eigenvalue weighted by Crippen LogP contribution is -2.61. The fraction of sp³-hybridized carbons (Fsp3) is 0.667. The molecule has 0 aromatic rings. The molecular formula is C24H30O6. The largest absolute Gasteiger partial charge is 0.458 e. The predicted molar refractivity (Wildman–Crippen MR) is 108 cm³/mol. The van der Waals surface area contributed by atoms with Crippen molar-refractivity contribution in [2.45, 2.75) is 59.0 Å². The van der Waals surface area contributed by atoms with E-state index in [2.05, 4.69) is 6.92 Å². The van der Waals surface area contributed by atoms with Gasteiger partial charge in [-0.2, -0.15) is 0 Å². The van der Waals surface area contributed by atoms with Gasteiger partial charge in [0.1, 0.15) is 11.4 Å². The molecule has 0 saturated heterocycles. The van der Waals surface area contributed by atoms with Crippen molar-refractivity contribution in [2.75, 3.05) is 6.61 Å². The maximum Gasteiger partial charge on any atom is 0.303 e. The van der Waals surface area contributed by atoms with Crippen LogP contribution in [0.3, 0.4) is 0 Å². The third-order valence-corrected chi connectivity index (χ3v) is 8.60. The lowest BCUT2D eigenvalue weighted by molar-refractivity contribution is -0.172. The minimum Gasteiger partial charge on any atom is -0.458 e. The molecule has 1 N–H and O–H groups in total. The molecule has 4 aliphatic rings. The molecule has 3 fully saturated rings. The average molecular weight is 414 g/mol. The van der Waals surface area contributed by atoms with Crippen LogP contribution in [0, 0.1) is 34.5 Å². The van der Waals surface area contributed by atoms with Crippen LogP contribution in [0.25, 0.3) is 0 Å². The maximum absolute atomic E-state index is 13.5. The third kappa shape index (κ3) is 2.72. The number of hydrogen-bond acceptors (Lipinski definition) is 6. The molecule has 4 aliphatic carbocycles. The van der Waals surface area contributed by atoms with E-state index in [-0.39, 0.29) is 48.1 Å². The lowest BCUT2D eigenvalue weighted by atomic mass is 9.45. The molecule has 7 atom stereocenters. The van der Waals surface area contributed by atoms with Crippen molar-refractivity contribution in [2.24, 2.45) is 34.5 Å². The van der Waals surface area contributed by atoms with Crippen molar-refractivity contribution < 1.29 is 29.0 Å². The van der Waals surface area contributed by atoms with Crippen LogP contribution >= 0.6 is 0 Å². The van der Waals surface area contributed by atoms with Crippen LogP contribution in [-0.4, -0.2) is 40.6 Å². The summed E-state index contributed by atoms with van der Waals surface area (Å²) in [5.74, 6) is -1.16. The van der Waals surface area contributed by atoms with E-state index in [9.17, 15) is 24.3 Å². The minimum atomic E-state index is -1.67. The number of carbonyl (C=O) groups is 4. The second-order valence-corrected chi connectivity index (χ2v) is 10.2. The SMILES string of the molecule is CC(=O)OCC(=O)[C@@]1(O)CC[C@H]2[C@@H]3C[C@@H](C)C4=CC(=O)C=C[C@]4(C)[C@H]3C(=O)C[C@@]21C. The highest BCUT2D eigenvalue weighted by Crippen LogP contribution is 2.66. The summed E-state index contributed by atoms with van der Waals surface area (Å²) in [6.07, 6.45) is 6.94. The molecule has 162 valence electrons. The second-order valence-electron chi connectivity index (χ2n) is 10.2. The van der Waals surface area contributed by atoms with Crippen LogP contribution in [0.2, 0.25) is 0 Å². The van der Waals surface area contributed by atoms with Gasteiger partial charge in [-0.3, -0.25) is 19.2 Å². The van der Waals surface area contributed by atoms with Crippen LogP contribution in [-0.2, 0) is 23.9 Å². The fourth-order valence-corrected chi connectivity index (χ4v) is 7.21. The van der Waals surface area contributed by atoms with Gasteiger partial charge in [-0.15, -0.1) is 0 Å². The summed E-state index contributed by atoms with van der Waals surface area (Å²) < 4.78 is 4.87. The first-order valence-corrected chi connectivity index (χ1v) is 10.8. The van der Waals surface area contributed by atoms with Gasteiger partial charge in [-0.25, -0.2) is 0 Å². The molecule has 30 heavy (non-hydrogen) atoms. The molecule has 3 saturated carbocycles.